The number of carbonyl (C=O) groups excluding carboxylic acids is 2. The average Bonchev–Trinajstić information content (AvgIpc) is 2.63. The van der Waals surface area contributed by atoms with E-state index in [0.29, 0.717) is 16.2 Å². The maximum absolute atomic E-state index is 12.5. The summed E-state index contributed by atoms with van der Waals surface area (Å²) in [6.45, 7) is 7.42. The van der Waals surface area contributed by atoms with Crippen LogP contribution in [0.15, 0.2) is 42.5 Å². The van der Waals surface area contributed by atoms with Crippen molar-refractivity contribution in [2.75, 3.05) is 5.32 Å². The molecule has 0 radical (unpaired) electrons. The standard InChI is InChI=1S/C22H21ClN2O3/c1-12-9-13(2)20(14(3)10-12)25-21(26)15(4)28-22(27)17-5-7-18-16(11-17)6-8-19(23)24-18/h5-11,15H,1-4H3,(H,25,26). The predicted octanol–water partition coefficient (Wildman–Crippen LogP) is 5.00. The zero-order chi connectivity index (χ0) is 20.4. The minimum Gasteiger partial charge on any atom is -0.449 e. The van der Waals surface area contributed by atoms with E-state index in [4.69, 9.17) is 16.3 Å². The van der Waals surface area contributed by atoms with Crippen LogP contribution < -0.4 is 5.32 Å². The van der Waals surface area contributed by atoms with Gasteiger partial charge in [0.2, 0.25) is 0 Å². The van der Waals surface area contributed by atoms with Gasteiger partial charge in [0, 0.05) is 11.1 Å². The molecule has 0 saturated carbocycles. The Bertz CT molecular complexity index is 1060. The summed E-state index contributed by atoms with van der Waals surface area (Å²) in [4.78, 5) is 29.1. The van der Waals surface area contributed by atoms with Gasteiger partial charge >= 0.3 is 5.97 Å². The summed E-state index contributed by atoms with van der Waals surface area (Å²) in [5, 5.41) is 4.01. The van der Waals surface area contributed by atoms with Gasteiger partial charge in [0.15, 0.2) is 6.10 Å². The van der Waals surface area contributed by atoms with Crippen molar-refractivity contribution in [3.05, 3.63) is 69.9 Å². The van der Waals surface area contributed by atoms with Gasteiger partial charge in [-0.05, 0) is 69.2 Å². The molecule has 144 valence electrons. The molecule has 0 aliphatic heterocycles. The van der Waals surface area contributed by atoms with Crippen LogP contribution in [-0.2, 0) is 9.53 Å². The van der Waals surface area contributed by atoms with E-state index < -0.39 is 12.1 Å². The van der Waals surface area contributed by atoms with E-state index in [9.17, 15) is 9.59 Å². The molecular formula is C22H21ClN2O3. The lowest BCUT2D eigenvalue weighted by Gasteiger charge is -2.17. The van der Waals surface area contributed by atoms with Crippen molar-refractivity contribution in [1.82, 2.24) is 4.98 Å². The number of carbonyl (C=O) groups is 2. The molecule has 1 unspecified atom stereocenters. The molecule has 28 heavy (non-hydrogen) atoms. The van der Waals surface area contributed by atoms with Gasteiger partial charge in [0.05, 0.1) is 11.1 Å². The molecule has 0 bridgehead atoms. The Labute approximate surface area is 168 Å². The van der Waals surface area contributed by atoms with Crippen molar-refractivity contribution < 1.29 is 14.3 Å². The largest absolute Gasteiger partial charge is 0.449 e. The molecule has 0 aliphatic carbocycles. The Morgan fingerprint density at radius 2 is 1.71 bits per heavy atom. The van der Waals surface area contributed by atoms with Crippen molar-refractivity contribution in [3.8, 4) is 0 Å². The van der Waals surface area contributed by atoms with Crippen molar-refractivity contribution in [2.45, 2.75) is 33.8 Å². The number of fused-ring (bicyclic) bond motifs is 1. The Balaban J connectivity index is 1.71. The number of rotatable bonds is 4. The van der Waals surface area contributed by atoms with Crippen LogP contribution in [-0.4, -0.2) is 23.0 Å². The van der Waals surface area contributed by atoms with Crippen LogP contribution >= 0.6 is 11.6 Å². The number of aromatic nitrogens is 1. The first-order valence-electron chi connectivity index (χ1n) is 8.90. The van der Waals surface area contributed by atoms with E-state index in [0.717, 1.165) is 27.8 Å². The SMILES string of the molecule is Cc1cc(C)c(NC(=O)C(C)OC(=O)c2ccc3nc(Cl)ccc3c2)c(C)c1. The number of halogens is 1. The lowest BCUT2D eigenvalue weighted by molar-refractivity contribution is -0.123. The topological polar surface area (TPSA) is 68.3 Å². The maximum atomic E-state index is 12.5. The average molecular weight is 397 g/mol. The fraction of sp³-hybridized carbons (Fsp3) is 0.227. The second-order valence-electron chi connectivity index (χ2n) is 6.85. The summed E-state index contributed by atoms with van der Waals surface area (Å²) in [5.74, 6) is -0.950. The third kappa shape index (κ3) is 4.31. The number of amides is 1. The molecule has 1 amide bonds. The number of hydrogen-bond acceptors (Lipinski definition) is 4. The van der Waals surface area contributed by atoms with E-state index >= 15 is 0 Å². The van der Waals surface area contributed by atoms with Gasteiger partial charge < -0.3 is 10.1 Å². The normalized spacial score (nSPS) is 11.9. The minimum absolute atomic E-state index is 0.346. The number of nitrogens with zero attached hydrogens (tertiary/aromatic N) is 1. The van der Waals surface area contributed by atoms with Gasteiger partial charge in [0.1, 0.15) is 5.15 Å². The van der Waals surface area contributed by atoms with Crippen LogP contribution in [0.5, 0.6) is 0 Å². The predicted molar refractivity (Wildman–Crippen MR) is 111 cm³/mol. The van der Waals surface area contributed by atoms with Crippen molar-refractivity contribution in [1.29, 1.82) is 0 Å². The summed E-state index contributed by atoms with van der Waals surface area (Å²) in [6.07, 6.45) is -0.938. The first-order valence-corrected chi connectivity index (χ1v) is 9.28. The third-order valence-electron chi connectivity index (χ3n) is 4.47. The Morgan fingerprint density at radius 1 is 1.04 bits per heavy atom. The highest BCUT2D eigenvalue weighted by molar-refractivity contribution is 6.29. The molecule has 3 rings (SSSR count). The highest BCUT2D eigenvalue weighted by atomic mass is 35.5. The quantitative estimate of drug-likeness (QED) is 0.498. The van der Waals surface area contributed by atoms with Gasteiger partial charge in [0.25, 0.3) is 5.91 Å². The fourth-order valence-corrected chi connectivity index (χ4v) is 3.27. The zero-order valence-electron chi connectivity index (χ0n) is 16.2. The summed E-state index contributed by atoms with van der Waals surface area (Å²) in [6, 6.07) is 12.4. The van der Waals surface area contributed by atoms with Crippen molar-refractivity contribution in [2.24, 2.45) is 0 Å². The zero-order valence-corrected chi connectivity index (χ0v) is 16.9. The van der Waals surface area contributed by atoms with E-state index in [2.05, 4.69) is 10.3 Å². The van der Waals surface area contributed by atoms with E-state index in [1.165, 1.54) is 0 Å². The molecule has 2 aromatic carbocycles. The van der Waals surface area contributed by atoms with E-state index in [1.807, 2.05) is 32.9 Å². The highest BCUT2D eigenvalue weighted by Crippen LogP contribution is 2.22. The van der Waals surface area contributed by atoms with Crippen LogP contribution in [0.3, 0.4) is 0 Å². The second kappa shape index (κ2) is 7.98. The number of hydrogen-bond donors (Lipinski definition) is 1. The lowest BCUT2D eigenvalue weighted by Crippen LogP contribution is -2.30. The van der Waals surface area contributed by atoms with Crippen LogP contribution in [0.25, 0.3) is 10.9 Å². The second-order valence-corrected chi connectivity index (χ2v) is 7.24. The molecular weight excluding hydrogens is 376 g/mol. The highest BCUT2D eigenvalue weighted by Gasteiger charge is 2.20. The molecule has 0 spiro atoms. The molecule has 1 N–H and O–H groups in total. The molecule has 0 fully saturated rings. The lowest BCUT2D eigenvalue weighted by atomic mass is 10.0. The van der Waals surface area contributed by atoms with Gasteiger partial charge in [-0.25, -0.2) is 9.78 Å². The number of aryl methyl sites for hydroxylation is 3. The number of nitrogens with one attached hydrogen (secondary N) is 1. The van der Waals surface area contributed by atoms with Gasteiger partial charge in [-0.15, -0.1) is 0 Å². The monoisotopic (exact) mass is 396 g/mol. The first-order chi connectivity index (χ1) is 13.2. The van der Waals surface area contributed by atoms with Crippen LogP contribution in [0.2, 0.25) is 5.15 Å². The number of ether oxygens (including phenoxy) is 1. The summed E-state index contributed by atoms with van der Waals surface area (Å²) in [7, 11) is 0. The van der Waals surface area contributed by atoms with Crippen LogP contribution in [0.4, 0.5) is 5.69 Å². The first kappa shape index (κ1) is 19.8. The summed E-state index contributed by atoms with van der Waals surface area (Å²) in [5.41, 5.74) is 4.82. The molecule has 0 saturated heterocycles. The molecule has 6 heteroatoms. The smallest absolute Gasteiger partial charge is 0.338 e. The molecule has 3 aromatic rings. The van der Waals surface area contributed by atoms with Crippen LogP contribution in [0, 0.1) is 20.8 Å². The fourth-order valence-electron chi connectivity index (χ4n) is 3.11. The number of benzene rings is 2. The van der Waals surface area contributed by atoms with Gasteiger partial charge in [-0.2, -0.15) is 0 Å². The third-order valence-corrected chi connectivity index (χ3v) is 4.68. The molecule has 0 aliphatic rings. The molecule has 1 atom stereocenters. The Morgan fingerprint density at radius 3 is 2.39 bits per heavy atom. The molecule has 1 heterocycles. The number of pyridine rings is 1. The van der Waals surface area contributed by atoms with E-state index in [1.54, 1.807) is 37.3 Å². The van der Waals surface area contributed by atoms with Gasteiger partial charge in [-0.1, -0.05) is 29.3 Å². The minimum atomic E-state index is -0.938. The number of anilines is 1. The summed E-state index contributed by atoms with van der Waals surface area (Å²) < 4.78 is 5.35. The van der Waals surface area contributed by atoms with Gasteiger partial charge in [-0.3, -0.25) is 4.79 Å². The molecule has 5 nitrogen and oxygen atoms in total. The Hall–Kier alpha value is -2.92. The van der Waals surface area contributed by atoms with Crippen LogP contribution in [0.1, 0.15) is 34.0 Å². The van der Waals surface area contributed by atoms with E-state index in [-0.39, 0.29) is 5.91 Å². The summed E-state index contributed by atoms with van der Waals surface area (Å²) >= 11 is 5.87. The molecule has 1 aromatic heterocycles. The van der Waals surface area contributed by atoms with Crippen molar-refractivity contribution in [3.63, 3.8) is 0 Å². The van der Waals surface area contributed by atoms with Crippen molar-refractivity contribution >= 4 is 40.1 Å². The number of esters is 1. The Kier molecular flexibility index (Phi) is 5.66. The maximum Gasteiger partial charge on any atom is 0.338 e.